The van der Waals surface area contributed by atoms with Gasteiger partial charge in [-0.05, 0) is 24.5 Å². The molecule has 0 aromatic heterocycles. The van der Waals surface area contributed by atoms with E-state index in [9.17, 15) is 4.39 Å². The van der Waals surface area contributed by atoms with Crippen LogP contribution in [0.3, 0.4) is 0 Å². The lowest BCUT2D eigenvalue weighted by Crippen LogP contribution is -2.19. The van der Waals surface area contributed by atoms with Crippen LogP contribution in [0.1, 0.15) is 27.7 Å². The van der Waals surface area contributed by atoms with E-state index in [0.29, 0.717) is 12.4 Å². The first kappa shape index (κ1) is 12.8. The van der Waals surface area contributed by atoms with Gasteiger partial charge in [-0.2, -0.15) is 0 Å². The van der Waals surface area contributed by atoms with Crippen LogP contribution in [-0.2, 0) is 0 Å². The van der Waals surface area contributed by atoms with E-state index in [1.165, 1.54) is 6.07 Å². The Hall–Kier alpha value is -1.25. The number of benzene rings is 1. The average Bonchev–Trinajstić information content (AvgIpc) is 2.18. The summed E-state index contributed by atoms with van der Waals surface area (Å²) in [5, 5.41) is 3.20. The molecule has 3 heteroatoms. The Morgan fingerprint density at radius 2 is 2.00 bits per heavy atom. The maximum Gasteiger partial charge on any atom is 0.167 e. The lowest BCUT2D eigenvalue weighted by Gasteiger charge is -2.19. The molecule has 2 nitrogen and oxygen atoms in total. The SMILES string of the molecule is CCOc1ccc(NCC(C)(C)C)cc1F. The molecule has 0 atom stereocenters. The molecule has 1 N–H and O–H groups in total. The molecule has 0 amide bonds. The van der Waals surface area contributed by atoms with Gasteiger partial charge in [0, 0.05) is 18.3 Å². The fourth-order valence-electron chi connectivity index (χ4n) is 1.25. The fraction of sp³-hybridized carbons (Fsp3) is 0.538. The van der Waals surface area contributed by atoms with E-state index < -0.39 is 0 Å². The molecule has 0 heterocycles. The Bertz CT molecular complexity index is 344. The molecule has 0 aliphatic rings. The van der Waals surface area contributed by atoms with Crippen LogP contribution in [-0.4, -0.2) is 13.2 Å². The molecule has 0 bridgehead atoms. The number of nitrogens with one attached hydrogen (secondary N) is 1. The van der Waals surface area contributed by atoms with E-state index in [-0.39, 0.29) is 11.2 Å². The number of anilines is 1. The van der Waals surface area contributed by atoms with E-state index in [4.69, 9.17) is 4.74 Å². The normalized spacial score (nSPS) is 11.3. The van der Waals surface area contributed by atoms with E-state index in [1.807, 2.05) is 13.0 Å². The predicted molar refractivity (Wildman–Crippen MR) is 65.5 cm³/mol. The monoisotopic (exact) mass is 225 g/mol. The van der Waals surface area contributed by atoms with Crippen LogP contribution in [0.2, 0.25) is 0 Å². The first-order valence-electron chi connectivity index (χ1n) is 5.58. The van der Waals surface area contributed by atoms with Crippen molar-refractivity contribution in [2.75, 3.05) is 18.5 Å². The highest BCUT2D eigenvalue weighted by Crippen LogP contribution is 2.22. The summed E-state index contributed by atoms with van der Waals surface area (Å²) in [5.41, 5.74) is 0.964. The third-order valence-electron chi connectivity index (χ3n) is 2.05. The second kappa shape index (κ2) is 5.19. The van der Waals surface area contributed by atoms with Gasteiger partial charge in [-0.3, -0.25) is 0 Å². The van der Waals surface area contributed by atoms with Gasteiger partial charge in [-0.25, -0.2) is 4.39 Å². The maximum absolute atomic E-state index is 13.5. The number of halogens is 1. The number of rotatable bonds is 4. The van der Waals surface area contributed by atoms with Crippen molar-refractivity contribution >= 4 is 5.69 Å². The molecule has 0 aliphatic heterocycles. The van der Waals surface area contributed by atoms with Crippen molar-refractivity contribution in [2.24, 2.45) is 5.41 Å². The zero-order chi connectivity index (χ0) is 12.2. The molecule has 16 heavy (non-hydrogen) atoms. The largest absolute Gasteiger partial charge is 0.491 e. The number of hydrogen-bond acceptors (Lipinski definition) is 2. The van der Waals surface area contributed by atoms with Crippen LogP contribution < -0.4 is 10.1 Å². The van der Waals surface area contributed by atoms with E-state index in [0.717, 1.165) is 12.2 Å². The summed E-state index contributed by atoms with van der Waals surface area (Å²) in [4.78, 5) is 0. The summed E-state index contributed by atoms with van der Waals surface area (Å²) in [5.74, 6) is -0.00966. The summed E-state index contributed by atoms with van der Waals surface area (Å²) in [6.07, 6.45) is 0. The quantitative estimate of drug-likeness (QED) is 0.844. The van der Waals surface area contributed by atoms with Crippen molar-refractivity contribution in [1.82, 2.24) is 0 Å². The summed E-state index contributed by atoms with van der Waals surface area (Å²) in [6, 6.07) is 4.96. The van der Waals surface area contributed by atoms with Gasteiger partial charge in [-0.15, -0.1) is 0 Å². The van der Waals surface area contributed by atoms with Crippen LogP contribution >= 0.6 is 0 Å². The Labute approximate surface area is 96.8 Å². The van der Waals surface area contributed by atoms with Crippen molar-refractivity contribution in [3.8, 4) is 5.75 Å². The smallest absolute Gasteiger partial charge is 0.167 e. The zero-order valence-corrected chi connectivity index (χ0v) is 10.4. The van der Waals surface area contributed by atoms with Gasteiger partial charge in [0.15, 0.2) is 11.6 Å². The van der Waals surface area contributed by atoms with Crippen molar-refractivity contribution in [3.05, 3.63) is 24.0 Å². The Morgan fingerprint density at radius 3 is 2.50 bits per heavy atom. The number of hydrogen-bond donors (Lipinski definition) is 1. The summed E-state index contributed by atoms with van der Waals surface area (Å²) < 4.78 is 18.6. The first-order valence-corrected chi connectivity index (χ1v) is 5.58. The first-order chi connectivity index (χ1) is 7.42. The highest BCUT2D eigenvalue weighted by molar-refractivity contribution is 5.47. The van der Waals surface area contributed by atoms with Gasteiger partial charge in [0.25, 0.3) is 0 Å². The molecule has 90 valence electrons. The lowest BCUT2D eigenvalue weighted by molar-refractivity contribution is 0.321. The van der Waals surface area contributed by atoms with Crippen LogP contribution in [0.4, 0.5) is 10.1 Å². The molecular weight excluding hydrogens is 205 g/mol. The van der Waals surface area contributed by atoms with Crippen LogP contribution in [0.25, 0.3) is 0 Å². The predicted octanol–water partition coefficient (Wildman–Crippen LogP) is 3.68. The third kappa shape index (κ3) is 4.09. The zero-order valence-electron chi connectivity index (χ0n) is 10.4. The Balaban J connectivity index is 2.66. The van der Waals surface area contributed by atoms with Crippen molar-refractivity contribution < 1.29 is 9.13 Å². The Morgan fingerprint density at radius 1 is 1.31 bits per heavy atom. The molecule has 1 rings (SSSR count). The molecule has 0 aliphatic carbocycles. The molecule has 0 fully saturated rings. The van der Waals surface area contributed by atoms with Crippen LogP contribution in [0.15, 0.2) is 18.2 Å². The van der Waals surface area contributed by atoms with E-state index in [1.54, 1.807) is 6.07 Å². The standard InChI is InChI=1S/C13H20FNO/c1-5-16-12-7-6-10(8-11(12)14)15-9-13(2,3)4/h6-8,15H,5,9H2,1-4H3. The minimum absolute atomic E-state index is 0.176. The van der Waals surface area contributed by atoms with Gasteiger partial charge in [-0.1, -0.05) is 20.8 Å². The second-order valence-electron chi connectivity index (χ2n) is 4.99. The molecule has 0 saturated carbocycles. The van der Waals surface area contributed by atoms with Crippen LogP contribution in [0.5, 0.6) is 5.75 Å². The highest BCUT2D eigenvalue weighted by atomic mass is 19.1. The highest BCUT2D eigenvalue weighted by Gasteiger charge is 2.10. The van der Waals surface area contributed by atoms with Gasteiger partial charge >= 0.3 is 0 Å². The molecule has 1 aromatic rings. The molecule has 0 unspecified atom stereocenters. The topological polar surface area (TPSA) is 21.3 Å². The molecule has 0 spiro atoms. The van der Waals surface area contributed by atoms with Crippen molar-refractivity contribution in [2.45, 2.75) is 27.7 Å². The van der Waals surface area contributed by atoms with Crippen LogP contribution in [0, 0.1) is 11.2 Å². The van der Waals surface area contributed by atoms with E-state index in [2.05, 4.69) is 26.1 Å². The summed E-state index contributed by atoms with van der Waals surface area (Å²) in [7, 11) is 0. The van der Waals surface area contributed by atoms with E-state index >= 15 is 0 Å². The summed E-state index contributed by atoms with van der Waals surface area (Å²) >= 11 is 0. The minimum atomic E-state index is -0.319. The van der Waals surface area contributed by atoms with Gasteiger partial charge in [0.05, 0.1) is 6.61 Å². The second-order valence-corrected chi connectivity index (χ2v) is 4.99. The van der Waals surface area contributed by atoms with Crippen molar-refractivity contribution in [1.29, 1.82) is 0 Å². The lowest BCUT2D eigenvalue weighted by atomic mass is 9.97. The summed E-state index contributed by atoms with van der Waals surface area (Å²) in [6.45, 7) is 9.51. The Kier molecular flexibility index (Phi) is 4.16. The molecule has 0 saturated heterocycles. The number of ether oxygens (including phenoxy) is 1. The van der Waals surface area contributed by atoms with Crippen molar-refractivity contribution in [3.63, 3.8) is 0 Å². The minimum Gasteiger partial charge on any atom is -0.491 e. The molecule has 1 aromatic carbocycles. The maximum atomic E-state index is 13.5. The fourth-order valence-corrected chi connectivity index (χ4v) is 1.25. The van der Waals surface area contributed by atoms with Gasteiger partial charge in [0.1, 0.15) is 0 Å². The average molecular weight is 225 g/mol. The molecular formula is C13H20FNO. The third-order valence-corrected chi connectivity index (χ3v) is 2.05. The van der Waals surface area contributed by atoms with Gasteiger partial charge < -0.3 is 10.1 Å². The van der Waals surface area contributed by atoms with Gasteiger partial charge in [0.2, 0.25) is 0 Å². The molecule has 0 radical (unpaired) electrons.